The molecule has 0 fully saturated rings. The monoisotopic (exact) mass is 451 g/mol. The van der Waals surface area contributed by atoms with Crippen LogP contribution in [0.3, 0.4) is 0 Å². The molecule has 2 heterocycles. The number of benzene rings is 3. The van der Waals surface area contributed by atoms with E-state index in [1.807, 2.05) is 66.7 Å². The number of aromatic nitrogens is 1. The highest BCUT2D eigenvalue weighted by Gasteiger charge is 2.23. The Bertz CT molecular complexity index is 1510. The lowest BCUT2D eigenvalue weighted by molar-refractivity contribution is -0.384. The lowest BCUT2D eigenvalue weighted by Crippen LogP contribution is -2.03. The van der Waals surface area contributed by atoms with Crippen LogP contribution in [0.4, 0.5) is 11.4 Å². The van der Waals surface area contributed by atoms with Crippen molar-refractivity contribution in [1.82, 2.24) is 4.98 Å². The van der Waals surface area contributed by atoms with Crippen LogP contribution in [0.25, 0.3) is 32.6 Å². The van der Waals surface area contributed by atoms with Crippen molar-refractivity contribution in [1.29, 1.82) is 0 Å². The van der Waals surface area contributed by atoms with Crippen molar-refractivity contribution in [3.8, 4) is 22.4 Å². The van der Waals surface area contributed by atoms with Crippen LogP contribution in [-0.2, 0) is 0 Å². The first-order valence-electron chi connectivity index (χ1n) is 10.2. The van der Waals surface area contributed by atoms with Crippen molar-refractivity contribution in [2.75, 3.05) is 5.73 Å². The minimum Gasteiger partial charge on any atom is -0.397 e. The Morgan fingerprint density at radius 1 is 0.879 bits per heavy atom. The molecule has 0 bridgehead atoms. The molecule has 5 aromatic rings. The molecule has 0 unspecified atom stereocenters. The van der Waals surface area contributed by atoms with Crippen molar-refractivity contribution < 1.29 is 9.72 Å². The van der Waals surface area contributed by atoms with E-state index in [2.05, 4.69) is 0 Å². The molecule has 0 amide bonds. The molecule has 6 nitrogen and oxygen atoms in total. The number of rotatable bonds is 5. The van der Waals surface area contributed by atoms with Crippen molar-refractivity contribution in [3.63, 3.8) is 0 Å². The van der Waals surface area contributed by atoms with Crippen molar-refractivity contribution in [3.05, 3.63) is 112 Å². The van der Waals surface area contributed by atoms with Gasteiger partial charge in [0.15, 0.2) is 0 Å². The molecular weight excluding hydrogens is 434 g/mol. The molecule has 0 aliphatic heterocycles. The number of carbonyl (C=O) groups excluding carboxylic acids is 1. The molecule has 0 saturated carbocycles. The molecular formula is C26H17N3O3S. The molecule has 0 saturated heterocycles. The summed E-state index contributed by atoms with van der Waals surface area (Å²) in [5.41, 5.74) is 10.5. The third kappa shape index (κ3) is 3.75. The molecule has 33 heavy (non-hydrogen) atoms. The van der Waals surface area contributed by atoms with Gasteiger partial charge in [0.1, 0.15) is 9.71 Å². The summed E-state index contributed by atoms with van der Waals surface area (Å²) in [6.07, 6.45) is 0. The van der Waals surface area contributed by atoms with Gasteiger partial charge in [-0.3, -0.25) is 14.9 Å². The Morgan fingerprint density at radius 3 is 2.21 bits per heavy atom. The standard InChI is InChI=1S/C26H17N3O3S/c27-23-22-20(16-8-3-1-4-9-16)15-21(17-10-5-2-6-11-17)28-26(22)33-25(23)24(30)18-12-7-13-19(14-18)29(31)32/h1-15H,27H2. The van der Waals surface area contributed by atoms with E-state index in [0.717, 1.165) is 22.4 Å². The fraction of sp³-hybridized carbons (Fsp3) is 0. The Balaban J connectivity index is 1.73. The maximum atomic E-state index is 13.3. The number of anilines is 1. The molecule has 160 valence electrons. The maximum Gasteiger partial charge on any atom is 0.270 e. The summed E-state index contributed by atoms with van der Waals surface area (Å²) in [4.78, 5) is 29.7. The van der Waals surface area contributed by atoms with Crippen LogP contribution in [0.15, 0.2) is 91.0 Å². The normalized spacial score (nSPS) is 10.9. The zero-order valence-electron chi connectivity index (χ0n) is 17.3. The van der Waals surface area contributed by atoms with E-state index in [1.54, 1.807) is 6.07 Å². The number of nitrogen functional groups attached to an aromatic ring is 1. The fourth-order valence-corrected chi connectivity index (χ4v) is 4.87. The fourth-order valence-electron chi connectivity index (χ4n) is 3.78. The summed E-state index contributed by atoms with van der Waals surface area (Å²) in [5, 5.41) is 11.9. The van der Waals surface area contributed by atoms with Gasteiger partial charge >= 0.3 is 0 Å². The summed E-state index contributed by atoms with van der Waals surface area (Å²) in [6.45, 7) is 0. The molecule has 2 aromatic heterocycles. The van der Waals surface area contributed by atoms with Crippen LogP contribution < -0.4 is 5.73 Å². The number of nitro benzene ring substituents is 1. The highest BCUT2D eigenvalue weighted by atomic mass is 32.1. The molecule has 0 aliphatic carbocycles. The van der Waals surface area contributed by atoms with E-state index in [9.17, 15) is 14.9 Å². The summed E-state index contributed by atoms with van der Waals surface area (Å²) >= 11 is 1.20. The number of pyridine rings is 1. The minimum absolute atomic E-state index is 0.144. The number of hydrogen-bond acceptors (Lipinski definition) is 6. The Kier molecular flexibility index (Phi) is 5.16. The molecule has 7 heteroatoms. The summed E-state index contributed by atoms with van der Waals surface area (Å²) in [6, 6.07) is 27.3. The predicted molar refractivity (Wildman–Crippen MR) is 131 cm³/mol. The minimum atomic E-state index is -0.522. The van der Waals surface area contributed by atoms with Crippen molar-refractivity contribution in [2.45, 2.75) is 0 Å². The first-order chi connectivity index (χ1) is 16.0. The zero-order valence-corrected chi connectivity index (χ0v) is 18.1. The maximum absolute atomic E-state index is 13.3. The largest absolute Gasteiger partial charge is 0.397 e. The molecule has 3 aromatic carbocycles. The number of nitro groups is 1. The van der Waals surface area contributed by atoms with E-state index in [4.69, 9.17) is 10.7 Å². The van der Waals surface area contributed by atoms with E-state index in [0.29, 0.717) is 20.8 Å². The quantitative estimate of drug-likeness (QED) is 0.191. The van der Waals surface area contributed by atoms with Gasteiger partial charge in [0, 0.05) is 28.6 Å². The molecule has 5 rings (SSSR count). The van der Waals surface area contributed by atoms with Gasteiger partial charge in [0.25, 0.3) is 5.69 Å². The van der Waals surface area contributed by atoms with Crippen molar-refractivity contribution in [2.24, 2.45) is 0 Å². The Hall–Kier alpha value is -4.36. The third-order valence-electron chi connectivity index (χ3n) is 5.38. The predicted octanol–water partition coefficient (Wildman–Crippen LogP) is 6.35. The van der Waals surface area contributed by atoms with Crippen LogP contribution in [0.1, 0.15) is 15.2 Å². The van der Waals surface area contributed by atoms with Gasteiger partial charge in [-0.15, -0.1) is 11.3 Å². The lowest BCUT2D eigenvalue weighted by atomic mass is 9.99. The topological polar surface area (TPSA) is 99.1 Å². The third-order valence-corrected chi connectivity index (χ3v) is 6.48. The van der Waals surface area contributed by atoms with Gasteiger partial charge in [0.05, 0.1) is 16.3 Å². The SMILES string of the molecule is Nc1c(C(=O)c2cccc([N+](=O)[O-])c2)sc2nc(-c3ccccc3)cc(-c3ccccc3)c12. The number of fused-ring (bicyclic) bond motifs is 1. The number of ketones is 1. The van der Waals surface area contributed by atoms with Crippen LogP contribution in [0, 0.1) is 10.1 Å². The first kappa shape index (κ1) is 20.5. The van der Waals surface area contributed by atoms with Crippen LogP contribution in [0.5, 0.6) is 0 Å². The van der Waals surface area contributed by atoms with E-state index >= 15 is 0 Å². The molecule has 0 spiro atoms. The van der Waals surface area contributed by atoms with Crippen molar-refractivity contribution >= 4 is 38.7 Å². The smallest absolute Gasteiger partial charge is 0.270 e. The molecule has 2 N–H and O–H groups in total. The number of nitrogens with two attached hydrogens (primary N) is 1. The summed E-state index contributed by atoms with van der Waals surface area (Å²) < 4.78 is 0. The molecule has 0 aliphatic rings. The Labute approximate surface area is 193 Å². The lowest BCUT2D eigenvalue weighted by Gasteiger charge is -2.09. The summed E-state index contributed by atoms with van der Waals surface area (Å²) in [5.74, 6) is -0.362. The second-order valence-electron chi connectivity index (χ2n) is 7.45. The number of thiophene rings is 1. The van der Waals surface area contributed by atoms with Gasteiger partial charge in [0.2, 0.25) is 5.78 Å². The summed E-state index contributed by atoms with van der Waals surface area (Å²) in [7, 11) is 0. The first-order valence-corrected chi connectivity index (χ1v) is 11.0. The number of nitrogens with zero attached hydrogens (tertiary/aromatic N) is 2. The van der Waals surface area contributed by atoms with E-state index < -0.39 is 4.92 Å². The van der Waals surface area contributed by atoms with Gasteiger partial charge in [-0.1, -0.05) is 72.8 Å². The van der Waals surface area contributed by atoms with Gasteiger partial charge in [-0.25, -0.2) is 4.98 Å². The van der Waals surface area contributed by atoms with E-state index in [1.165, 1.54) is 29.5 Å². The number of non-ortho nitro benzene ring substituents is 1. The second-order valence-corrected chi connectivity index (χ2v) is 8.45. The average Bonchev–Trinajstić information content (AvgIpc) is 3.20. The van der Waals surface area contributed by atoms with Crippen LogP contribution >= 0.6 is 11.3 Å². The molecule has 0 radical (unpaired) electrons. The van der Waals surface area contributed by atoms with E-state index in [-0.39, 0.29) is 17.0 Å². The van der Waals surface area contributed by atoms with Gasteiger partial charge in [-0.2, -0.15) is 0 Å². The van der Waals surface area contributed by atoms with Gasteiger partial charge < -0.3 is 5.73 Å². The number of hydrogen-bond donors (Lipinski definition) is 1. The zero-order chi connectivity index (χ0) is 22.9. The molecule has 0 atom stereocenters. The van der Waals surface area contributed by atoms with Crippen LogP contribution in [0.2, 0.25) is 0 Å². The number of carbonyl (C=O) groups is 1. The Morgan fingerprint density at radius 2 is 1.55 bits per heavy atom. The average molecular weight is 452 g/mol. The highest BCUT2D eigenvalue weighted by Crippen LogP contribution is 2.42. The second kappa shape index (κ2) is 8.29. The van der Waals surface area contributed by atoms with Crippen LogP contribution in [-0.4, -0.2) is 15.7 Å². The van der Waals surface area contributed by atoms with Gasteiger partial charge in [-0.05, 0) is 17.2 Å². The highest BCUT2D eigenvalue weighted by molar-refractivity contribution is 7.21.